The summed E-state index contributed by atoms with van der Waals surface area (Å²) < 4.78 is 50.0. The van der Waals surface area contributed by atoms with Crippen LogP contribution in [0.2, 0.25) is 5.02 Å². The van der Waals surface area contributed by atoms with Crippen molar-refractivity contribution in [2.75, 3.05) is 43.5 Å². The van der Waals surface area contributed by atoms with Gasteiger partial charge in [0.05, 0.1) is 28.9 Å². The Kier molecular flexibility index (Phi) is 7.67. The first-order chi connectivity index (χ1) is 17.7. The third kappa shape index (κ3) is 6.20. The number of benzene rings is 2. The fraction of sp³-hybridized carbons (Fsp3) is 0.250. The van der Waals surface area contributed by atoms with Crippen LogP contribution in [0.25, 0.3) is 0 Å². The average molecular weight is 536 g/mol. The number of carbonyl (C=O) groups excluding carboxylic acids is 2. The minimum absolute atomic E-state index is 0.0524. The number of nitrogens with one attached hydrogen (secondary N) is 1. The van der Waals surface area contributed by atoms with Gasteiger partial charge in [-0.15, -0.1) is 10.2 Å². The third-order valence-corrected chi connectivity index (χ3v) is 5.90. The smallest absolute Gasteiger partial charge is 0.418 e. The van der Waals surface area contributed by atoms with Crippen LogP contribution in [0.4, 0.5) is 29.5 Å². The van der Waals surface area contributed by atoms with Gasteiger partial charge in [-0.1, -0.05) is 23.7 Å². The lowest BCUT2D eigenvalue weighted by molar-refractivity contribution is -0.138. The molecule has 1 aliphatic heterocycles. The van der Waals surface area contributed by atoms with Gasteiger partial charge in [0.1, 0.15) is 5.75 Å². The number of rotatable bonds is 5. The number of hydrogen-bond donors (Lipinski definition) is 1. The topological polar surface area (TPSA) is 96.9 Å². The molecule has 0 atom stereocenters. The zero-order chi connectivity index (χ0) is 26.6. The first-order valence-electron chi connectivity index (χ1n) is 11.0. The molecule has 0 unspecified atom stereocenters. The van der Waals surface area contributed by atoms with Gasteiger partial charge in [-0.3, -0.25) is 10.1 Å². The zero-order valence-corrected chi connectivity index (χ0v) is 20.2. The first-order valence-corrected chi connectivity index (χ1v) is 11.4. The van der Waals surface area contributed by atoms with Crippen LogP contribution in [0.3, 0.4) is 0 Å². The normalized spacial score (nSPS) is 13.8. The Balaban J connectivity index is 1.32. The van der Waals surface area contributed by atoms with E-state index in [1.54, 1.807) is 18.2 Å². The average Bonchev–Trinajstić information content (AvgIpc) is 2.89. The van der Waals surface area contributed by atoms with Crippen LogP contribution >= 0.6 is 11.6 Å². The quantitative estimate of drug-likeness (QED) is 0.504. The molecule has 9 nitrogen and oxygen atoms in total. The molecule has 2 amide bonds. The van der Waals surface area contributed by atoms with E-state index >= 15 is 0 Å². The van der Waals surface area contributed by atoms with Crippen molar-refractivity contribution in [3.8, 4) is 11.6 Å². The third-order valence-electron chi connectivity index (χ3n) is 5.59. The summed E-state index contributed by atoms with van der Waals surface area (Å²) in [4.78, 5) is 28.1. The highest BCUT2D eigenvalue weighted by molar-refractivity contribution is 6.33. The second-order valence-electron chi connectivity index (χ2n) is 7.91. The molecule has 3 aromatic rings. The highest BCUT2D eigenvalue weighted by Gasteiger charge is 2.36. The Bertz CT molecular complexity index is 1280. The Morgan fingerprint density at radius 3 is 2.35 bits per heavy atom. The summed E-state index contributed by atoms with van der Waals surface area (Å²) in [6.45, 7) is 1.09. The summed E-state index contributed by atoms with van der Waals surface area (Å²) in [6, 6.07) is 12.5. The fourth-order valence-corrected chi connectivity index (χ4v) is 3.93. The van der Waals surface area contributed by atoms with E-state index in [0.717, 1.165) is 6.07 Å². The van der Waals surface area contributed by atoms with Crippen molar-refractivity contribution >= 4 is 35.1 Å². The van der Waals surface area contributed by atoms with Gasteiger partial charge in [-0.2, -0.15) is 13.2 Å². The van der Waals surface area contributed by atoms with Crippen molar-refractivity contribution in [3.63, 3.8) is 0 Å². The van der Waals surface area contributed by atoms with Crippen molar-refractivity contribution in [2.24, 2.45) is 0 Å². The van der Waals surface area contributed by atoms with E-state index in [4.69, 9.17) is 21.1 Å². The van der Waals surface area contributed by atoms with Gasteiger partial charge in [-0.25, -0.2) is 4.79 Å². The van der Waals surface area contributed by atoms with Crippen molar-refractivity contribution in [1.29, 1.82) is 0 Å². The van der Waals surface area contributed by atoms with Gasteiger partial charge in [0.15, 0.2) is 5.82 Å². The number of hydrogen-bond acceptors (Lipinski definition) is 7. The van der Waals surface area contributed by atoms with E-state index in [2.05, 4.69) is 15.5 Å². The molecule has 1 aliphatic rings. The highest BCUT2D eigenvalue weighted by atomic mass is 35.5. The predicted octanol–water partition coefficient (Wildman–Crippen LogP) is 4.73. The molecule has 0 saturated carbocycles. The molecule has 0 bridgehead atoms. The van der Waals surface area contributed by atoms with Crippen LogP contribution in [0.5, 0.6) is 11.6 Å². The monoisotopic (exact) mass is 535 g/mol. The summed E-state index contributed by atoms with van der Waals surface area (Å²) >= 11 is 6.10. The minimum atomic E-state index is -4.62. The number of nitrogens with zero attached hydrogens (tertiary/aromatic N) is 4. The lowest BCUT2D eigenvalue weighted by atomic mass is 10.1. The molecule has 0 aliphatic carbocycles. The molecule has 1 aromatic heterocycles. The molecule has 4 rings (SSSR count). The molecule has 13 heteroatoms. The number of halogens is 4. The molecule has 1 saturated heterocycles. The number of amides is 2. The molecule has 2 aromatic carbocycles. The van der Waals surface area contributed by atoms with Gasteiger partial charge in [-0.05, 0) is 30.3 Å². The minimum Gasteiger partial charge on any atom is -0.497 e. The maximum absolute atomic E-state index is 13.3. The van der Waals surface area contributed by atoms with Crippen molar-refractivity contribution < 1.29 is 32.2 Å². The van der Waals surface area contributed by atoms with Crippen LogP contribution in [0, 0.1) is 0 Å². The lowest BCUT2D eigenvalue weighted by Gasteiger charge is -2.35. The molecule has 194 valence electrons. The Morgan fingerprint density at radius 2 is 1.73 bits per heavy atom. The fourth-order valence-electron chi connectivity index (χ4n) is 3.72. The Labute approximate surface area is 214 Å². The number of piperazine rings is 1. The van der Waals surface area contributed by atoms with Gasteiger partial charge >= 0.3 is 12.3 Å². The lowest BCUT2D eigenvalue weighted by Crippen LogP contribution is -2.49. The summed E-state index contributed by atoms with van der Waals surface area (Å²) in [7, 11) is 1.49. The van der Waals surface area contributed by atoms with E-state index in [1.807, 2.05) is 4.90 Å². The van der Waals surface area contributed by atoms with Gasteiger partial charge < -0.3 is 19.3 Å². The summed E-state index contributed by atoms with van der Waals surface area (Å²) in [5.41, 5.74) is -1.01. The van der Waals surface area contributed by atoms with Gasteiger partial charge in [0.2, 0.25) is 5.88 Å². The highest BCUT2D eigenvalue weighted by Crippen LogP contribution is 2.32. The molecule has 1 fully saturated rings. The van der Waals surface area contributed by atoms with Crippen LogP contribution < -0.4 is 19.7 Å². The molecule has 2 heterocycles. The van der Waals surface area contributed by atoms with Crippen LogP contribution in [-0.4, -0.2) is 60.4 Å². The summed E-state index contributed by atoms with van der Waals surface area (Å²) in [5.74, 6) is 0.268. The van der Waals surface area contributed by atoms with E-state index in [0.29, 0.717) is 30.3 Å². The van der Waals surface area contributed by atoms with Crippen LogP contribution in [0.15, 0.2) is 54.6 Å². The Morgan fingerprint density at radius 1 is 1.00 bits per heavy atom. The number of aromatic nitrogens is 2. The zero-order valence-electron chi connectivity index (χ0n) is 19.5. The Hall–Kier alpha value is -4.06. The summed E-state index contributed by atoms with van der Waals surface area (Å²) in [6.07, 6.45) is -5.44. The molecular weight excluding hydrogens is 515 g/mol. The SMILES string of the molecule is COc1ccc(NC(=O)Oc2ccc(N3CCN(C(=O)c4ccccc4C(F)(F)F)CC3)nn2)c(Cl)c1. The van der Waals surface area contributed by atoms with Crippen molar-refractivity contribution in [2.45, 2.75) is 6.18 Å². The second-order valence-corrected chi connectivity index (χ2v) is 8.32. The van der Waals surface area contributed by atoms with Crippen LogP contribution in [-0.2, 0) is 6.18 Å². The van der Waals surface area contributed by atoms with Crippen LogP contribution in [0.1, 0.15) is 15.9 Å². The number of ether oxygens (including phenoxy) is 2. The van der Waals surface area contributed by atoms with Gasteiger partial charge in [0, 0.05) is 38.3 Å². The number of alkyl halides is 3. The van der Waals surface area contributed by atoms with E-state index in [-0.39, 0.29) is 29.6 Å². The molecule has 1 N–H and O–H groups in total. The number of carbonyl (C=O) groups is 2. The van der Waals surface area contributed by atoms with E-state index in [1.165, 1.54) is 42.3 Å². The standard InChI is InChI=1S/C24H21ClF3N5O4/c1-36-15-6-7-19(18(25)14-15)29-23(35)37-21-9-8-20(30-31-21)32-10-12-33(13-11-32)22(34)16-4-2-3-5-17(16)24(26,27)28/h2-9,14H,10-13H2,1H3,(H,29,35). The molecule has 0 radical (unpaired) electrons. The maximum atomic E-state index is 13.3. The number of methoxy groups -OCH3 is 1. The predicted molar refractivity (Wildman–Crippen MR) is 129 cm³/mol. The first kappa shape index (κ1) is 26.0. The van der Waals surface area contributed by atoms with E-state index in [9.17, 15) is 22.8 Å². The maximum Gasteiger partial charge on any atom is 0.418 e. The molecule has 0 spiro atoms. The molecule has 37 heavy (non-hydrogen) atoms. The van der Waals surface area contributed by atoms with E-state index < -0.39 is 23.7 Å². The second kappa shape index (κ2) is 10.9. The van der Waals surface area contributed by atoms with Crippen molar-refractivity contribution in [3.05, 3.63) is 70.7 Å². The van der Waals surface area contributed by atoms with Crippen molar-refractivity contribution in [1.82, 2.24) is 15.1 Å². The van der Waals surface area contributed by atoms with Gasteiger partial charge in [0.25, 0.3) is 5.91 Å². The largest absolute Gasteiger partial charge is 0.497 e. The summed E-state index contributed by atoms with van der Waals surface area (Å²) in [5, 5.41) is 10.7. The number of anilines is 2. The molecular formula is C24H21ClF3N5O4.